The molecule has 2 heterocycles. The number of nitrogens with one attached hydrogen (secondary N) is 1. The van der Waals surface area contributed by atoms with Crippen molar-refractivity contribution in [1.82, 2.24) is 15.1 Å². The zero-order chi connectivity index (χ0) is 18.8. The molecule has 0 saturated carbocycles. The van der Waals surface area contributed by atoms with Crippen molar-refractivity contribution in [2.24, 2.45) is 0 Å². The molecule has 1 aliphatic heterocycles. The minimum Gasteiger partial charge on any atom is -0.493 e. The van der Waals surface area contributed by atoms with E-state index in [1.54, 1.807) is 0 Å². The molecule has 5 nitrogen and oxygen atoms in total. The van der Waals surface area contributed by atoms with Crippen LogP contribution in [0.1, 0.15) is 42.3 Å². The number of carbonyl (C=O) groups excluding carboxylic acids is 1. The number of benzene rings is 2. The molecule has 0 radical (unpaired) electrons. The molecular formula is C22H25N3O2. The minimum atomic E-state index is 0.109. The number of nitrogens with zero attached hydrogens (tertiary/aromatic N) is 2. The van der Waals surface area contributed by atoms with Crippen molar-refractivity contribution >= 4 is 16.7 Å². The van der Waals surface area contributed by atoms with E-state index < -0.39 is 0 Å². The van der Waals surface area contributed by atoms with E-state index in [1.165, 1.54) is 10.9 Å². The first-order valence-corrected chi connectivity index (χ1v) is 9.57. The first-order valence-electron chi connectivity index (χ1n) is 9.57. The van der Waals surface area contributed by atoms with Crippen molar-refractivity contribution in [3.05, 3.63) is 59.4 Å². The molecule has 1 fully saturated rings. The van der Waals surface area contributed by atoms with Gasteiger partial charge in [0.1, 0.15) is 5.75 Å². The lowest BCUT2D eigenvalue weighted by atomic mass is 10.0. The fourth-order valence-corrected chi connectivity index (χ4v) is 3.98. The maximum absolute atomic E-state index is 11.5. The number of carbonyl (C=O) groups is 1. The van der Waals surface area contributed by atoms with E-state index in [2.05, 4.69) is 35.5 Å². The summed E-state index contributed by atoms with van der Waals surface area (Å²) in [6.45, 7) is 5.56. The van der Waals surface area contributed by atoms with Gasteiger partial charge in [0.25, 0.3) is 0 Å². The van der Waals surface area contributed by atoms with Crippen molar-refractivity contribution in [3.8, 4) is 5.75 Å². The summed E-state index contributed by atoms with van der Waals surface area (Å²) in [5, 5.41) is 10.1. The number of hydrogen-bond donors (Lipinski definition) is 1. The number of aromatic nitrogens is 2. The van der Waals surface area contributed by atoms with E-state index in [-0.39, 0.29) is 11.9 Å². The van der Waals surface area contributed by atoms with Crippen LogP contribution in [0.3, 0.4) is 0 Å². The molecule has 3 aromatic rings. The molecule has 1 saturated heterocycles. The molecule has 4 rings (SSSR count). The highest BCUT2D eigenvalue weighted by Gasteiger charge is 2.27. The largest absolute Gasteiger partial charge is 0.493 e. The van der Waals surface area contributed by atoms with Crippen LogP contribution in [-0.4, -0.2) is 22.3 Å². The normalized spacial score (nSPS) is 16.7. The van der Waals surface area contributed by atoms with Crippen molar-refractivity contribution in [3.63, 3.8) is 0 Å². The van der Waals surface area contributed by atoms with Gasteiger partial charge in [-0.2, -0.15) is 5.10 Å². The number of hydrogen-bond acceptors (Lipinski definition) is 3. The number of aryl methyl sites for hydroxylation is 2. The van der Waals surface area contributed by atoms with Crippen molar-refractivity contribution < 1.29 is 9.53 Å². The SMILES string of the molecule is Cc1nn(CCCOc2cccc3ccccc23)c(C)c1C1CCC(=O)N1. The van der Waals surface area contributed by atoms with E-state index in [4.69, 9.17) is 4.74 Å². The van der Waals surface area contributed by atoms with Crippen LogP contribution in [0.4, 0.5) is 0 Å². The molecule has 27 heavy (non-hydrogen) atoms. The van der Waals surface area contributed by atoms with E-state index in [9.17, 15) is 4.79 Å². The molecule has 5 heteroatoms. The molecule has 1 amide bonds. The predicted octanol–water partition coefficient (Wildman–Crippen LogP) is 4.07. The van der Waals surface area contributed by atoms with Crippen LogP contribution in [0.2, 0.25) is 0 Å². The van der Waals surface area contributed by atoms with Crippen LogP contribution < -0.4 is 10.1 Å². The Labute approximate surface area is 159 Å². The van der Waals surface area contributed by atoms with Crippen LogP contribution in [0.25, 0.3) is 10.8 Å². The average Bonchev–Trinajstić information content (AvgIpc) is 3.21. The Bertz CT molecular complexity index is 972. The number of ether oxygens (including phenoxy) is 1. The topological polar surface area (TPSA) is 56.2 Å². The van der Waals surface area contributed by atoms with E-state index >= 15 is 0 Å². The second-order valence-corrected chi connectivity index (χ2v) is 7.15. The molecule has 1 aliphatic rings. The fraction of sp³-hybridized carbons (Fsp3) is 0.364. The zero-order valence-corrected chi connectivity index (χ0v) is 15.9. The first-order chi connectivity index (χ1) is 13.1. The highest BCUT2D eigenvalue weighted by atomic mass is 16.5. The summed E-state index contributed by atoms with van der Waals surface area (Å²) in [5.41, 5.74) is 3.33. The summed E-state index contributed by atoms with van der Waals surface area (Å²) in [6.07, 6.45) is 2.34. The summed E-state index contributed by atoms with van der Waals surface area (Å²) in [4.78, 5) is 11.5. The molecule has 1 unspecified atom stereocenters. The van der Waals surface area contributed by atoms with E-state index in [0.29, 0.717) is 13.0 Å². The molecular weight excluding hydrogens is 338 g/mol. The Balaban J connectivity index is 1.39. The molecule has 2 aromatic carbocycles. The Morgan fingerprint density at radius 2 is 2.00 bits per heavy atom. The Kier molecular flexibility index (Phi) is 4.84. The van der Waals surface area contributed by atoms with Crippen LogP contribution in [0, 0.1) is 13.8 Å². The number of rotatable bonds is 6. The van der Waals surface area contributed by atoms with Crippen molar-refractivity contribution in [2.75, 3.05) is 6.61 Å². The molecule has 0 bridgehead atoms. The van der Waals surface area contributed by atoms with Gasteiger partial charge in [0.15, 0.2) is 0 Å². The molecule has 1 aromatic heterocycles. The summed E-state index contributed by atoms with van der Waals surface area (Å²) in [6, 6.07) is 14.5. The van der Waals surface area contributed by atoms with Crippen LogP contribution >= 0.6 is 0 Å². The van der Waals surface area contributed by atoms with E-state index in [0.717, 1.165) is 41.9 Å². The third-order valence-electron chi connectivity index (χ3n) is 5.30. The smallest absolute Gasteiger partial charge is 0.220 e. The average molecular weight is 363 g/mol. The summed E-state index contributed by atoms with van der Waals surface area (Å²) in [5.74, 6) is 1.06. The summed E-state index contributed by atoms with van der Waals surface area (Å²) < 4.78 is 8.08. The van der Waals surface area contributed by atoms with Gasteiger partial charge >= 0.3 is 0 Å². The van der Waals surface area contributed by atoms with Gasteiger partial charge in [-0.1, -0.05) is 36.4 Å². The molecule has 140 valence electrons. The summed E-state index contributed by atoms with van der Waals surface area (Å²) >= 11 is 0. The monoisotopic (exact) mass is 363 g/mol. The van der Waals surface area contributed by atoms with Gasteiger partial charge in [-0.25, -0.2) is 0 Å². The van der Waals surface area contributed by atoms with Gasteiger partial charge in [0.05, 0.1) is 18.3 Å². The second kappa shape index (κ2) is 7.43. The molecule has 1 atom stereocenters. The highest BCUT2D eigenvalue weighted by Crippen LogP contribution is 2.29. The zero-order valence-electron chi connectivity index (χ0n) is 15.9. The Morgan fingerprint density at radius 3 is 2.81 bits per heavy atom. The van der Waals surface area contributed by atoms with Gasteiger partial charge in [-0.05, 0) is 31.7 Å². The summed E-state index contributed by atoms with van der Waals surface area (Å²) in [7, 11) is 0. The van der Waals surface area contributed by atoms with Crippen molar-refractivity contribution in [2.45, 2.75) is 45.7 Å². The van der Waals surface area contributed by atoms with Gasteiger partial charge in [-0.15, -0.1) is 0 Å². The van der Waals surface area contributed by atoms with Gasteiger partial charge in [-0.3, -0.25) is 9.48 Å². The third kappa shape index (κ3) is 3.54. The predicted molar refractivity (Wildman–Crippen MR) is 106 cm³/mol. The van der Waals surface area contributed by atoms with Gasteiger partial charge < -0.3 is 10.1 Å². The quantitative estimate of drug-likeness (QED) is 0.672. The number of fused-ring (bicyclic) bond motifs is 1. The maximum Gasteiger partial charge on any atom is 0.220 e. The third-order valence-corrected chi connectivity index (χ3v) is 5.30. The highest BCUT2D eigenvalue weighted by molar-refractivity contribution is 5.88. The second-order valence-electron chi connectivity index (χ2n) is 7.15. The van der Waals surface area contributed by atoms with Crippen LogP contribution in [-0.2, 0) is 11.3 Å². The fourth-order valence-electron chi connectivity index (χ4n) is 3.98. The minimum absolute atomic E-state index is 0.109. The standard InChI is InChI=1S/C22H25N3O2/c1-15-22(19-11-12-21(26)23-19)16(2)25(24-15)13-6-14-27-20-10-5-8-17-7-3-4-9-18(17)20/h3-5,7-10,19H,6,11-14H2,1-2H3,(H,23,26). The van der Waals surface area contributed by atoms with E-state index in [1.807, 2.05) is 35.9 Å². The molecule has 0 aliphatic carbocycles. The Morgan fingerprint density at radius 1 is 1.19 bits per heavy atom. The van der Waals surface area contributed by atoms with Crippen LogP contribution in [0.5, 0.6) is 5.75 Å². The maximum atomic E-state index is 11.5. The molecule has 1 N–H and O–H groups in total. The van der Waals surface area contributed by atoms with Gasteiger partial charge in [0.2, 0.25) is 5.91 Å². The number of amides is 1. The van der Waals surface area contributed by atoms with Crippen molar-refractivity contribution in [1.29, 1.82) is 0 Å². The lowest BCUT2D eigenvalue weighted by molar-refractivity contribution is -0.119. The first kappa shape index (κ1) is 17.6. The lowest BCUT2D eigenvalue weighted by Gasteiger charge is -2.12. The lowest BCUT2D eigenvalue weighted by Crippen LogP contribution is -2.19. The molecule has 0 spiro atoms. The Hall–Kier alpha value is -2.82. The van der Waals surface area contributed by atoms with Crippen LogP contribution in [0.15, 0.2) is 42.5 Å². The van der Waals surface area contributed by atoms with Gasteiger partial charge in [0, 0.05) is 36.0 Å².